The maximum atomic E-state index is 11.5. The molecule has 0 spiro atoms. The van der Waals surface area contributed by atoms with E-state index in [1.165, 1.54) is 0 Å². The van der Waals surface area contributed by atoms with Crippen molar-refractivity contribution in [3.63, 3.8) is 0 Å². The highest BCUT2D eigenvalue weighted by Crippen LogP contribution is 2.18. The van der Waals surface area contributed by atoms with Crippen LogP contribution in [0.5, 0.6) is 0 Å². The molecular weight excluding hydrogens is 216 g/mol. The van der Waals surface area contributed by atoms with Gasteiger partial charge in [0.2, 0.25) is 0 Å². The van der Waals surface area contributed by atoms with E-state index in [-0.39, 0.29) is 6.42 Å². The second-order valence-corrected chi connectivity index (χ2v) is 3.64. The molecule has 3 N–H and O–H groups in total. The second-order valence-electron chi connectivity index (χ2n) is 3.64. The number of rotatable bonds is 3. The number of carboxylic acids is 1. The van der Waals surface area contributed by atoms with E-state index >= 15 is 0 Å². The van der Waals surface area contributed by atoms with Crippen molar-refractivity contribution in [2.24, 2.45) is 0 Å². The minimum atomic E-state index is -1.33. The van der Waals surface area contributed by atoms with Crippen LogP contribution in [-0.4, -0.2) is 41.3 Å². The van der Waals surface area contributed by atoms with Crippen molar-refractivity contribution in [3.8, 4) is 0 Å². The SMILES string of the molecule is CC[C@@H](C(=O)[O-])N1C(=O)N[C@@H]2NC(=O)N[C@@H]21. The zero-order valence-electron chi connectivity index (χ0n) is 8.52. The van der Waals surface area contributed by atoms with E-state index in [1.54, 1.807) is 6.92 Å². The largest absolute Gasteiger partial charge is 0.548 e. The van der Waals surface area contributed by atoms with Gasteiger partial charge in [0.1, 0.15) is 12.3 Å². The molecule has 8 heteroatoms. The van der Waals surface area contributed by atoms with Gasteiger partial charge in [-0.2, -0.15) is 0 Å². The Bertz CT molecular complexity index is 358. The van der Waals surface area contributed by atoms with Crippen LogP contribution in [0, 0.1) is 0 Å². The molecule has 0 aromatic carbocycles. The third-order valence-corrected chi connectivity index (χ3v) is 2.69. The number of urea groups is 2. The van der Waals surface area contributed by atoms with E-state index in [0.717, 1.165) is 4.90 Å². The molecule has 2 saturated heterocycles. The Balaban J connectivity index is 2.22. The maximum absolute atomic E-state index is 11.5. The molecule has 8 nitrogen and oxygen atoms in total. The number of carbonyl (C=O) groups excluding carboxylic acids is 3. The Kier molecular flexibility index (Phi) is 2.33. The summed E-state index contributed by atoms with van der Waals surface area (Å²) in [5, 5.41) is 18.3. The summed E-state index contributed by atoms with van der Waals surface area (Å²) in [7, 11) is 0. The van der Waals surface area contributed by atoms with Gasteiger partial charge in [-0.05, 0) is 6.42 Å². The quantitative estimate of drug-likeness (QED) is 0.494. The fourth-order valence-corrected chi connectivity index (χ4v) is 1.97. The van der Waals surface area contributed by atoms with Crippen molar-refractivity contribution in [3.05, 3.63) is 0 Å². The zero-order chi connectivity index (χ0) is 11.9. The molecule has 0 radical (unpaired) electrons. The van der Waals surface area contributed by atoms with Crippen molar-refractivity contribution < 1.29 is 19.5 Å². The van der Waals surface area contributed by atoms with Crippen molar-refractivity contribution in [1.29, 1.82) is 0 Å². The van der Waals surface area contributed by atoms with Gasteiger partial charge in [0.15, 0.2) is 0 Å². The lowest BCUT2D eigenvalue weighted by molar-refractivity contribution is -0.311. The molecule has 2 aliphatic rings. The van der Waals surface area contributed by atoms with Crippen LogP contribution in [0.2, 0.25) is 0 Å². The van der Waals surface area contributed by atoms with Crippen LogP contribution >= 0.6 is 0 Å². The smallest absolute Gasteiger partial charge is 0.321 e. The topological polar surface area (TPSA) is 114 Å². The van der Waals surface area contributed by atoms with Gasteiger partial charge in [-0.1, -0.05) is 6.92 Å². The van der Waals surface area contributed by atoms with Gasteiger partial charge < -0.3 is 25.9 Å². The van der Waals surface area contributed by atoms with Gasteiger partial charge in [-0.3, -0.25) is 4.90 Å². The summed E-state index contributed by atoms with van der Waals surface area (Å²) in [6, 6.07) is -2.01. The number of carboxylic acid groups (broad SMARTS) is 1. The summed E-state index contributed by atoms with van der Waals surface area (Å²) in [5.41, 5.74) is 0. The molecule has 0 saturated carbocycles. The minimum Gasteiger partial charge on any atom is -0.548 e. The van der Waals surface area contributed by atoms with Crippen LogP contribution < -0.4 is 21.1 Å². The Morgan fingerprint density at radius 2 is 2.12 bits per heavy atom. The molecule has 3 atom stereocenters. The van der Waals surface area contributed by atoms with Gasteiger partial charge >= 0.3 is 12.1 Å². The highest BCUT2D eigenvalue weighted by atomic mass is 16.4. The molecule has 4 amide bonds. The number of fused-ring (bicyclic) bond motifs is 1. The zero-order valence-corrected chi connectivity index (χ0v) is 8.52. The monoisotopic (exact) mass is 227 g/mol. The molecule has 0 aromatic rings. The Morgan fingerprint density at radius 1 is 1.44 bits per heavy atom. The third-order valence-electron chi connectivity index (χ3n) is 2.69. The van der Waals surface area contributed by atoms with Gasteiger partial charge in [0, 0.05) is 0 Å². The molecule has 0 unspecified atom stereocenters. The number of nitrogens with one attached hydrogen (secondary N) is 3. The van der Waals surface area contributed by atoms with Gasteiger partial charge in [-0.15, -0.1) is 0 Å². The fraction of sp³-hybridized carbons (Fsp3) is 0.625. The third kappa shape index (κ3) is 1.42. The van der Waals surface area contributed by atoms with E-state index in [1.807, 2.05) is 0 Å². The predicted molar refractivity (Wildman–Crippen MR) is 48.7 cm³/mol. The first-order valence-corrected chi connectivity index (χ1v) is 4.91. The van der Waals surface area contributed by atoms with Gasteiger partial charge in [-0.25, -0.2) is 9.59 Å². The molecule has 2 heterocycles. The van der Waals surface area contributed by atoms with E-state index in [0.29, 0.717) is 0 Å². The Morgan fingerprint density at radius 3 is 2.69 bits per heavy atom. The summed E-state index contributed by atoms with van der Waals surface area (Å²) in [6.07, 6.45) is -1.05. The van der Waals surface area contributed by atoms with Crippen LogP contribution in [-0.2, 0) is 4.79 Å². The fourth-order valence-electron chi connectivity index (χ4n) is 1.97. The average Bonchev–Trinajstić information content (AvgIpc) is 2.65. The number of aliphatic carboxylic acids is 1. The minimum absolute atomic E-state index is 0.217. The summed E-state index contributed by atoms with van der Waals surface area (Å²) in [6.45, 7) is 1.63. The van der Waals surface area contributed by atoms with E-state index in [2.05, 4.69) is 16.0 Å². The van der Waals surface area contributed by atoms with E-state index in [9.17, 15) is 19.5 Å². The summed E-state index contributed by atoms with van der Waals surface area (Å²) in [4.78, 5) is 34.5. The molecular formula is C8H11N4O4-. The molecule has 88 valence electrons. The number of hydrogen-bond acceptors (Lipinski definition) is 4. The summed E-state index contributed by atoms with van der Waals surface area (Å²) >= 11 is 0. The number of hydrogen-bond donors (Lipinski definition) is 3. The second kappa shape index (κ2) is 3.54. The number of nitrogens with zero attached hydrogens (tertiary/aromatic N) is 1. The number of amides is 4. The van der Waals surface area contributed by atoms with E-state index < -0.39 is 36.4 Å². The van der Waals surface area contributed by atoms with Crippen LogP contribution in [0.1, 0.15) is 13.3 Å². The first-order valence-electron chi connectivity index (χ1n) is 4.91. The molecule has 2 rings (SSSR count). The molecule has 2 aliphatic heterocycles. The van der Waals surface area contributed by atoms with Crippen molar-refractivity contribution in [1.82, 2.24) is 20.9 Å². The van der Waals surface area contributed by atoms with E-state index in [4.69, 9.17) is 0 Å². The molecule has 2 fully saturated rings. The summed E-state index contributed by atoms with van der Waals surface area (Å²) < 4.78 is 0. The van der Waals surface area contributed by atoms with Crippen LogP contribution in [0.3, 0.4) is 0 Å². The molecule has 16 heavy (non-hydrogen) atoms. The maximum Gasteiger partial charge on any atom is 0.321 e. The van der Waals surface area contributed by atoms with Crippen LogP contribution in [0.4, 0.5) is 9.59 Å². The molecule has 0 aliphatic carbocycles. The standard InChI is InChI=1S/C8H12N4O4/c1-2-3(6(13)14)12-5-4(10-8(12)16)9-7(15)11-5/h3-5H,2H2,1H3,(H,10,16)(H,13,14)(H2,9,11,15)/p-1/t3-,4-,5+/m0/s1. The molecule has 0 bridgehead atoms. The highest BCUT2D eigenvalue weighted by molar-refractivity contribution is 5.88. The van der Waals surface area contributed by atoms with Crippen LogP contribution in [0.15, 0.2) is 0 Å². The van der Waals surface area contributed by atoms with Gasteiger partial charge in [0.25, 0.3) is 0 Å². The lowest BCUT2D eigenvalue weighted by Gasteiger charge is -2.30. The lowest BCUT2D eigenvalue weighted by atomic mass is 10.2. The molecule has 0 aromatic heterocycles. The Labute approximate surface area is 91.0 Å². The predicted octanol–water partition coefficient (Wildman–Crippen LogP) is -2.49. The lowest BCUT2D eigenvalue weighted by Crippen LogP contribution is -2.55. The average molecular weight is 227 g/mol. The van der Waals surface area contributed by atoms with Crippen molar-refractivity contribution >= 4 is 18.0 Å². The van der Waals surface area contributed by atoms with Crippen molar-refractivity contribution in [2.45, 2.75) is 31.7 Å². The Hall–Kier alpha value is -1.99. The highest BCUT2D eigenvalue weighted by Gasteiger charge is 2.48. The summed E-state index contributed by atoms with van der Waals surface area (Å²) in [5.74, 6) is -1.33. The van der Waals surface area contributed by atoms with Crippen molar-refractivity contribution in [2.75, 3.05) is 0 Å². The number of carbonyl (C=O) groups is 3. The first kappa shape index (κ1) is 10.5. The van der Waals surface area contributed by atoms with Gasteiger partial charge in [0.05, 0.1) is 12.0 Å². The van der Waals surface area contributed by atoms with Crippen LogP contribution in [0.25, 0.3) is 0 Å². The normalized spacial score (nSPS) is 29.2. The first-order chi connectivity index (χ1) is 7.54.